The van der Waals surface area contributed by atoms with Crippen LogP contribution in [0.1, 0.15) is 50.8 Å². The molecule has 3 rings (SSSR count). The molecule has 0 spiro atoms. The monoisotopic (exact) mass is 472 g/mol. The first-order chi connectivity index (χ1) is 15.6. The Labute approximate surface area is 194 Å². The Morgan fingerprint density at radius 2 is 1.82 bits per heavy atom. The van der Waals surface area contributed by atoms with E-state index in [9.17, 15) is 22.8 Å². The van der Waals surface area contributed by atoms with Gasteiger partial charge in [0.2, 0.25) is 0 Å². The fraction of sp³-hybridized carbons (Fsp3) is 0.231. The van der Waals surface area contributed by atoms with Gasteiger partial charge in [-0.15, -0.1) is 11.3 Å². The van der Waals surface area contributed by atoms with Crippen molar-refractivity contribution in [2.45, 2.75) is 32.9 Å². The minimum absolute atomic E-state index is 0.211. The molecular formula is C26H23F3O3S. The Morgan fingerprint density at radius 1 is 1.06 bits per heavy atom. The van der Waals surface area contributed by atoms with Gasteiger partial charge >= 0.3 is 12.1 Å². The lowest BCUT2D eigenvalue weighted by molar-refractivity contribution is -0.137. The summed E-state index contributed by atoms with van der Waals surface area (Å²) in [6.07, 6.45) is 3.21. The Morgan fingerprint density at radius 3 is 2.45 bits per heavy atom. The van der Waals surface area contributed by atoms with Crippen molar-refractivity contribution in [1.82, 2.24) is 0 Å². The highest BCUT2D eigenvalue weighted by atomic mass is 32.1. The number of methoxy groups -OCH3 is 1. The topological polar surface area (TPSA) is 43.4 Å². The summed E-state index contributed by atoms with van der Waals surface area (Å²) in [5.41, 5.74) is 2.37. The van der Waals surface area contributed by atoms with Crippen LogP contribution in [0.15, 0.2) is 48.6 Å². The number of benzene rings is 2. The Hall–Kier alpha value is -3.19. The summed E-state index contributed by atoms with van der Waals surface area (Å²) >= 11 is 1.26. The second-order valence-corrected chi connectivity index (χ2v) is 8.61. The smallest absolute Gasteiger partial charge is 0.416 e. The van der Waals surface area contributed by atoms with Gasteiger partial charge in [0.05, 0.1) is 12.7 Å². The Kier molecular flexibility index (Phi) is 7.53. The molecule has 0 N–H and O–H groups in total. The molecule has 1 aromatic heterocycles. The maximum absolute atomic E-state index is 13.1. The number of esters is 1. The number of alkyl halides is 3. The van der Waals surface area contributed by atoms with Gasteiger partial charge in [-0.05, 0) is 71.8 Å². The van der Waals surface area contributed by atoms with E-state index in [1.165, 1.54) is 42.7 Å². The predicted molar refractivity (Wildman–Crippen MR) is 126 cm³/mol. The number of rotatable bonds is 7. The SMILES string of the molecule is CCCc1c(C=CC(=O)c2ccc(C=CC(=O)OC)c(C)c2)sc2cc(C(F)(F)F)ccc12. The van der Waals surface area contributed by atoms with Crippen molar-refractivity contribution in [3.63, 3.8) is 0 Å². The van der Waals surface area contributed by atoms with Crippen LogP contribution in [0.5, 0.6) is 0 Å². The van der Waals surface area contributed by atoms with Crippen molar-refractivity contribution in [1.29, 1.82) is 0 Å². The fourth-order valence-electron chi connectivity index (χ4n) is 3.48. The van der Waals surface area contributed by atoms with E-state index in [-0.39, 0.29) is 5.78 Å². The van der Waals surface area contributed by atoms with Gasteiger partial charge in [0, 0.05) is 21.2 Å². The summed E-state index contributed by atoms with van der Waals surface area (Å²) in [5, 5.41) is 0.791. The summed E-state index contributed by atoms with van der Waals surface area (Å²) in [5.74, 6) is -0.677. The molecule has 0 aliphatic carbocycles. The lowest BCUT2D eigenvalue weighted by Crippen LogP contribution is -2.03. The zero-order valence-corrected chi connectivity index (χ0v) is 19.3. The van der Waals surface area contributed by atoms with Gasteiger partial charge in [-0.25, -0.2) is 4.79 Å². The normalized spacial score (nSPS) is 12.2. The standard InChI is InChI=1S/C26H23F3O3S/c1-4-5-20-21-10-9-19(26(27,28)29)15-24(21)33-23(20)12-11-22(30)18-7-6-17(16(2)14-18)8-13-25(31)32-3/h6-15H,4-5H2,1-3H3. The van der Waals surface area contributed by atoms with Crippen LogP contribution in [0, 0.1) is 6.92 Å². The first kappa shape index (κ1) is 24.5. The first-order valence-electron chi connectivity index (χ1n) is 10.4. The number of hydrogen-bond acceptors (Lipinski definition) is 4. The molecule has 0 saturated carbocycles. The molecule has 0 saturated heterocycles. The van der Waals surface area contributed by atoms with E-state index >= 15 is 0 Å². The maximum Gasteiger partial charge on any atom is 0.416 e. The van der Waals surface area contributed by atoms with Gasteiger partial charge in [-0.3, -0.25) is 4.79 Å². The molecule has 0 aliphatic heterocycles. The van der Waals surface area contributed by atoms with Gasteiger partial charge in [-0.2, -0.15) is 13.2 Å². The molecule has 2 aromatic carbocycles. The van der Waals surface area contributed by atoms with Crippen molar-refractivity contribution < 1.29 is 27.5 Å². The van der Waals surface area contributed by atoms with Crippen molar-refractivity contribution in [3.8, 4) is 0 Å². The minimum Gasteiger partial charge on any atom is -0.466 e. The molecular weight excluding hydrogens is 449 g/mol. The number of hydrogen-bond donors (Lipinski definition) is 0. The fourth-order valence-corrected chi connectivity index (χ4v) is 4.67. The molecule has 0 atom stereocenters. The predicted octanol–water partition coefficient (Wildman–Crippen LogP) is 7.26. The van der Waals surface area contributed by atoms with Crippen LogP contribution in [-0.4, -0.2) is 18.9 Å². The molecule has 3 nitrogen and oxygen atoms in total. The van der Waals surface area contributed by atoms with Gasteiger partial charge in [0.1, 0.15) is 0 Å². The second-order valence-electron chi connectivity index (χ2n) is 7.53. The number of ether oxygens (including phenoxy) is 1. The lowest BCUT2D eigenvalue weighted by atomic mass is 10.0. The van der Waals surface area contributed by atoms with Gasteiger partial charge < -0.3 is 4.74 Å². The van der Waals surface area contributed by atoms with Crippen molar-refractivity contribution in [3.05, 3.63) is 81.2 Å². The summed E-state index contributed by atoms with van der Waals surface area (Å²) in [4.78, 5) is 24.8. The third-order valence-corrected chi connectivity index (χ3v) is 6.35. The number of ketones is 1. The van der Waals surface area contributed by atoms with Crippen LogP contribution in [0.2, 0.25) is 0 Å². The van der Waals surface area contributed by atoms with Crippen LogP contribution in [0.25, 0.3) is 22.2 Å². The number of halogens is 3. The number of thiophene rings is 1. The molecule has 1 heterocycles. The number of allylic oxidation sites excluding steroid dienone is 1. The molecule has 7 heteroatoms. The molecule has 0 fully saturated rings. The largest absolute Gasteiger partial charge is 0.466 e. The number of carbonyl (C=O) groups excluding carboxylic acids is 2. The summed E-state index contributed by atoms with van der Waals surface area (Å²) in [7, 11) is 1.30. The van der Waals surface area contributed by atoms with E-state index in [1.54, 1.807) is 30.4 Å². The van der Waals surface area contributed by atoms with Crippen molar-refractivity contribution in [2.24, 2.45) is 0 Å². The van der Waals surface area contributed by atoms with Crippen LogP contribution in [0.3, 0.4) is 0 Å². The molecule has 0 bridgehead atoms. The maximum atomic E-state index is 13.1. The zero-order valence-electron chi connectivity index (χ0n) is 18.5. The number of aryl methyl sites for hydroxylation is 2. The molecule has 172 valence electrons. The first-order valence-corrected chi connectivity index (χ1v) is 11.2. The van der Waals surface area contributed by atoms with Crippen LogP contribution < -0.4 is 0 Å². The highest BCUT2D eigenvalue weighted by molar-refractivity contribution is 7.20. The van der Waals surface area contributed by atoms with Gasteiger partial charge in [0.15, 0.2) is 5.78 Å². The van der Waals surface area contributed by atoms with E-state index in [1.807, 2.05) is 13.8 Å². The van der Waals surface area contributed by atoms with Crippen LogP contribution in [-0.2, 0) is 22.1 Å². The summed E-state index contributed by atoms with van der Waals surface area (Å²) in [6, 6.07) is 8.94. The van der Waals surface area contributed by atoms with Gasteiger partial charge in [-0.1, -0.05) is 31.5 Å². The summed E-state index contributed by atoms with van der Waals surface area (Å²) < 4.78 is 44.4. The zero-order chi connectivity index (χ0) is 24.2. The molecule has 0 aliphatic rings. The Bertz CT molecular complexity index is 1250. The molecule has 33 heavy (non-hydrogen) atoms. The van der Waals surface area contributed by atoms with Crippen molar-refractivity contribution in [2.75, 3.05) is 7.11 Å². The van der Waals surface area contributed by atoms with E-state index in [0.717, 1.165) is 39.4 Å². The average molecular weight is 473 g/mol. The average Bonchev–Trinajstić information content (AvgIpc) is 3.12. The van der Waals surface area contributed by atoms with E-state index in [4.69, 9.17) is 0 Å². The number of carbonyl (C=O) groups is 2. The Balaban J connectivity index is 1.89. The summed E-state index contributed by atoms with van der Waals surface area (Å²) in [6.45, 7) is 3.84. The quantitative estimate of drug-likeness (QED) is 0.206. The molecule has 0 radical (unpaired) electrons. The highest BCUT2D eigenvalue weighted by Crippen LogP contribution is 2.38. The molecule has 0 unspecified atom stereocenters. The third-order valence-electron chi connectivity index (χ3n) is 5.19. The van der Waals surface area contributed by atoms with Crippen LogP contribution in [0.4, 0.5) is 13.2 Å². The van der Waals surface area contributed by atoms with Crippen molar-refractivity contribution >= 4 is 45.3 Å². The third kappa shape index (κ3) is 5.79. The molecule has 0 amide bonds. The molecule has 3 aromatic rings. The van der Waals surface area contributed by atoms with E-state index in [2.05, 4.69) is 4.74 Å². The number of fused-ring (bicyclic) bond motifs is 1. The minimum atomic E-state index is -4.40. The van der Waals surface area contributed by atoms with Gasteiger partial charge in [0.25, 0.3) is 0 Å². The highest BCUT2D eigenvalue weighted by Gasteiger charge is 2.31. The lowest BCUT2D eigenvalue weighted by Gasteiger charge is -2.06. The van der Waals surface area contributed by atoms with E-state index in [0.29, 0.717) is 16.7 Å². The van der Waals surface area contributed by atoms with E-state index < -0.39 is 17.7 Å². The second kappa shape index (κ2) is 10.2. The van der Waals surface area contributed by atoms with Crippen LogP contribution >= 0.6 is 11.3 Å².